The lowest BCUT2D eigenvalue weighted by molar-refractivity contribution is -0.117. The highest BCUT2D eigenvalue weighted by Crippen LogP contribution is 2.12. The van der Waals surface area contributed by atoms with Gasteiger partial charge in [-0.1, -0.05) is 12.1 Å². The lowest BCUT2D eigenvalue weighted by Crippen LogP contribution is -2.30. The molecule has 0 saturated heterocycles. The molecule has 0 heterocycles. The molecule has 4 nitrogen and oxygen atoms in total. The average molecular weight is 230 g/mol. The molecule has 2 N–H and O–H groups in total. The maximum absolute atomic E-state index is 11.6. The van der Waals surface area contributed by atoms with Gasteiger partial charge >= 0.3 is 0 Å². The number of carbonyl (C=O) groups is 1. The van der Waals surface area contributed by atoms with Gasteiger partial charge in [-0.15, -0.1) is 0 Å². The molecule has 0 unspecified atom stereocenters. The first-order valence-corrected chi connectivity index (χ1v) is 5.24. The van der Waals surface area contributed by atoms with Crippen LogP contribution in [-0.4, -0.2) is 17.1 Å². The minimum absolute atomic E-state index is 0.0148. The lowest BCUT2D eigenvalue weighted by Gasteiger charge is -2.06. The van der Waals surface area contributed by atoms with Crippen molar-refractivity contribution in [3.05, 3.63) is 35.4 Å². The van der Waals surface area contributed by atoms with Crippen LogP contribution in [0.4, 0.5) is 0 Å². The van der Waals surface area contributed by atoms with Crippen LogP contribution in [-0.2, 0) is 4.79 Å². The van der Waals surface area contributed by atoms with E-state index >= 15 is 0 Å². The van der Waals surface area contributed by atoms with Crippen molar-refractivity contribution in [2.45, 2.75) is 19.9 Å². The largest absolute Gasteiger partial charge is 0.508 e. The van der Waals surface area contributed by atoms with Crippen LogP contribution in [0.5, 0.6) is 5.75 Å². The topological polar surface area (TPSA) is 73.1 Å². The van der Waals surface area contributed by atoms with Gasteiger partial charge in [-0.05, 0) is 37.6 Å². The minimum Gasteiger partial charge on any atom is -0.508 e. The summed E-state index contributed by atoms with van der Waals surface area (Å²) in [7, 11) is 0. The number of nitrogens with zero attached hydrogens (tertiary/aromatic N) is 1. The molecule has 1 aromatic carbocycles. The molecule has 1 amide bonds. The highest BCUT2D eigenvalue weighted by molar-refractivity contribution is 6.01. The second-order valence-corrected chi connectivity index (χ2v) is 3.89. The Bertz CT molecular complexity index is 467. The van der Waals surface area contributed by atoms with E-state index in [9.17, 15) is 4.79 Å². The quantitative estimate of drug-likeness (QED) is 0.614. The van der Waals surface area contributed by atoms with Crippen molar-refractivity contribution in [3.63, 3.8) is 0 Å². The van der Waals surface area contributed by atoms with Crippen molar-refractivity contribution in [3.8, 4) is 11.8 Å². The molecule has 0 aliphatic rings. The first-order valence-electron chi connectivity index (χ1n) is 5.24. The molecule has 0 aliphatic carbocycles. The van der Waals surface area contributed by atoms with Gasteiger partial charge in [0, 0.05) is 6.04 Å². The summed E-state index contributed by atoms with van der Waals surface area (Å²) in [6.45, 7) is 3.65. The van der Waals surface area contributed by atoms with Crippen molar-refractivity contribution in [1.29, 1.82) is 5.26 Å². The fourth-order valence-corrected chi connectivity index (χ4v) is 1.23. The Morgan fingerprint density at radius 3 is 2.47 bits per heavy atom. The number of nitriles is 1. The highest BCUT2D eigenvalue weighted by atomic mass is 16.3. The lowest BCUT2D eigenvalue weighted by atomic mass is 10.1. The Morgan fingerprint density at radius 2 is 2.00 bits per heavy atom. The molecular formula is C13H14N2O2. The van der Waals surface area contributed by atoms with Crippen LogP contribution in [0.3, 0.4) is 0 Å². The smallest absolute Gasteiger partial charge is 0.262 e. The zero-order valence-corrected chi connectivity index (χ0v) is 9.77. The number of carbonyl (C=O) groups excluding carboxylic acids is 1. The minimum atomic E-state index is -0.393. The summed E-state index contributed by atoms with van der Waals surface area (Å²) in [5, 5.41) is 20.7. The van der Waals surface area contributed by atoms with Gasteiger partial charge in [0.05, 0.1) is 0 Å². The van der Waals surface area contributed by atoms with E-state index in [1.165, 1.54) is 18.2 Å². The molecule has 0 bridgehead atoms. The fourth-order valence-electron chi connectivity index (χ4n) is 1.23. The molecule has 1 rings (SSSR count). The van der Waals surface area contributed by atoms with Crippen LogP contribution in [0.15, 0.2) is 29.8 Å². The predicted molar refractivity (Wildman–Crippen MR) is 65.0 cm³/mol. The zero-order chi connectivity index (χ0) is 12.8. The summed E-state index contributed by atoms with van der Waals surface area (Å²) >= 11 is 0. The molecule has 0 aromatic heterocycles. The Hall–Kier alpha value is -2.28. The molecule has 88 valence electrons. The van der Waals surface area contributed by atoms with Crippen LogP contribution in [0, 0.1) is 11.3 Å². The first kappa shape index (κ1) is 12.8. The number of aromatic hydroxyl groups is 1. The van der Waals surface area contributed by atoms with E-state index in [1.807, 2.05) is 19.9 Å². The molecule has 17 heavy (non-hydrogen) atoms. The van der Waals surface area contributed by atoms with Gasteiger partial charge in [-0.3, -0.25) is 4.79 Å². The fraction of sp³-hybridized carbons (Fsp3) is 0.231. The van der Waals surface area contributed by atoms with Crippen molar-refractivity contribution < 1.29 is 9.90 Å². The number of phenolic OH excluding ortho intramolecular Hbond substituents is 1. The normalized spacial score (nSPS) is 11.1. The monoisotopic (exact) mass is 230 g/mol. The molecular weight excluding hydrogens is 216 g/mol. The van der Waals surface area contributed by atoms with E-state index in [2.05, 4.69) is 5.32 Å². The van der Waals surface area contributed by atoms with Crippen molar-refractivity contribution >= 4 is 12.0 Å². The third-order valence-corrected chi connectivity index (χ3v) is 1.99. The molecule has 0 aliphatic heterocycles. The molecule has 4 heteroatoms. The van der Waals surface area contributed by atoms with Gasteiger partial charge < -0.3 is 10.4 Å². The first-order chi connectivity index (χ1) is 8.02. The molecule has 0 fully saturated rings. The Balaban J connectivity index is 2.91. The van der Waals surface area contributed by atoms with Gasteiger partial charge in [0.25, 0.3) is 5.91 Å². The van der Waals surface area contributed by atoms with Crippen LogP contribution >= 0.6 is 0 Å². The SMILES string of the molecule is CC(C)NC(=O)/C(C#N)=C/c1ccc(O)cc1. The van der Waals surface area contributed by atoms with Crippen molar-refractivity contribution in [2.75, 3.05) is 0 Å². The Kier molecular flexibility index (Phi) is 4.29. The van der Waals surface area contributed by atoms with Crippen molar-refractivity contribution in [2.24, 2.45) is 0 Å². The van der Waals surface area contributed by atoms with Crippen LogP contribution in [0.25, 0.3) is 6.08 Å². The van der Waals surface area contributed by atoms with Gasteiger partial charge in [0.15, 0.2) is 0 Å². The number of phenols is 1. The summed E-state index contributed by atoms with van der Waals surface area (Å²) in [5.41, 5.74) is 0.739. The van der Waals surface area contributed by atoms with E-state index < -0.39 is 5.91 Å². The van der Waals surface area contributed by atoms with Crippen LogP contribution in [0.2, 0.25) is 0 Å². The predicted octanol–water partition coefficient (Wildman–Crippen LogP) is 1.82. The molecule has 0 radical (unpaired) electrons. The Labute approximate surface area is 100 Å². The third kappa shape index (κ3) is 3.99. The van der Waals surface area contributed by atoms with Crippen LogP contribution in [0.1, 0.15) is 19.4 Å². The number of rotatable bonds is 3. The van der Waals surface area contributed by atoms with E-state index in [-0.39, 0.29) is 17.4 Å². The molecule has 0 spiro atoms. The molecule has 0 atom stereocenters. The van der Waals surface area contributed by atoms with E-state index in [1.54, 1.807) is 12.1 Å². The number of hydrogen-bond donors (Lipinski definition) is 2. The maximum Gasteiger partial charge on any atom is 0.262 e. The van der Waals surface area contributed by atoms with Crippen LogP contribution < -0.4 is 5.32 Å². The third-order valence-electron chi connectivity index (χ3n) is 1.99. The summed E-state index contributed by atoms with van der Waals surface area (Å²) in [5.74, 6) is -0.247. The summed E-state index contributed by atoms with van der Waals surface area (Å²) in [4.78, 5) is 11.6. The van der Waals surface area contributed by atoms with Gasteiger partial charge in [0.1, 0.15) is 17.4 Å². The van der Waals surface area contributed by atoms with Gasteiger partial charge in [-0.25, -0.2) is 0 Å². The second-order valence-electron chi connectivity index (χ2n) is 3.89. The average Bonchev–Trinajstić information content (AvgIpc) is 2.27. The second kappa shape index (κ2) is 5.71. The standard InChI is InChI=1S/C13H14N2O2/c1-9(2)15-13(17)11(8-14)7-10-3-5-12(16)6-4-10/h3-7,9,16H,1-2H3,(H,15,17)/b11-7+. The van der Waals surface area contributed by atoms with Crippen molar-refractivity contribution in [1.82, 2.24) is 5.32 Å². The number of nitrogens with one attached hydrogen (secondary N) is 1. The van der Waals surface area contributed by atoms with E-state index in [0.717, 1.165) is 0 Å². The highest BCUT2D eigenvalue weighted by Gasteiger charge is 2.09. The van der Waals surface area contributed by atoms with E-state index in [4.69, 9.17) is 10.4 Å². The maximum atomic E-state index is 11.6. The summed E-state index contributed by atoms with van der Waals surface area (Å²) in [6, 6.07) is 8.11. The van der Waals surface area contributed by atoms with E-state index in [0.29, 0.717) is 5.56 Å². The number of hydrogen-bond acceptors (Lipinski definition) is 3. The number of amides is 1. The summed E-state index contributed by atoms with van der Waals surface area (Å²) < 4.78 is 0. The zero-order valence-electron chi connectivity index (χ0n) is 9.77. The molecule has 1 aromatic rings. The summed E-state index contributed by atoms with van der Waals surface area (Å²) in [6.07, 6.45) is 1.48. The molecule has 0 saturated carbocycles. The number of benzene rings is 1. The van der Waals surface area contributed by atoms with Gasteiger partial charge in [0.2, 0.25) is 0 Å². The van der Waals surface area contributed by atoms with Gasteiger partial charge in [-0.2, -0.15) is 5.26 Å². The Morgan fingerprint density at radius 1 is 1.41 bits per heavy atom.